The monoisotopic (exact) mass is 208 g/mol. The summed E-state index contributed by atoms with van der Waals surface area (Å²) >= 11 is 0. The molecule has 0 bridgehead atoms. The molecular formula is C12H20N2O. The molecule has 0 saturated heterocycles. The fourth-order valence-corrected chi connectivity index (χ4v) is 1.54. The third-order valence-electron chi connectivity index (χ3n) is 2.41. The molecule has 3 nitrogen and oxygen atoms in total. The van der Waals surface area contributed by atoms with Crippen LogP contribution in [0.5, 0.6) is 0 Å². The fourth-order valence-electron chi connectivity index (χ4n) is 1.54. The molecular weight excluding hydrogens is 188 g/mol. The Labute approximate surface area is 91.3 Å². The fraction of sp³-hybridized carbons (Fsp3) is 0.500. The number of anilines is 2. The zero-order valence-corrected chi connectivity index (χ0v) is 9.46. The van der Waals surface area contributed by atoms with Crippen LogP contribution in [0.15, 0.2) is 18.2 Å². The summed E-state index contributed by atoms with van der Waals surface area (Å²) < 4.78 is 0. The summed E-state index contributed by atoms with van der Waals surface area (Å²) in [5.41, 5.74) is 8.81. The van der Waals surface area contributed by atoms with Crippen molar-refractivity contribution in [3.8, 4) is 0 Å². The van der Waals surface area contributed by atoms with Crippen molar-refractivity contribution in [2.45, 2.75) is 32.8 Å². The highest BCUT2D eigenvalue weighted by Crippen LogP contribution is 2.22. The van der Waals surface area contributed by atoms with Crippen molar-refractivity contribution >= 4 is 11.4 Å². The molecule has 0 aliphatic carbocycles. The Morgan fingerprint density at radius 3 is 2.80 bits per heavy atom. The zero-order chi connectivity index (χ0) is 11.3. The molecule has 1 unspecified atom stereocenters. The molecule has 0 amide bonds. The van der Waals surface area contributed by atoms with Gasteiger partial charge in [0.15, 0.2) is 0 Å². The SMILES string of the molecule is Cc1cccc(N)c1NCCCC(C)O. The van der Waals surface area contributed by atoms with E-state index < -0.39 is 0 Å². The van der Waals surface area contributed by atoms with E-state index in [4.69, 9.17) is 10.8 Å². The molecule has 4 N–H and O–H groups in total. The van der Waals surface area contributed by atoms with Gasteiger partial charge in [-0.25, -0.2) is 0 Å². The molecule has 1 aromatic carbocycles. The number of hydrogen-bond acceptors (Lipinski definition) is 3. The highest BCUT2D eigenvalue weighted by atomic mass is 16.3. The Bertz CT molecular complexity index is 290. The van der Waals surface area contributed by atoms with E-state index in [0.29, 0.717) is 0 Å². The molecule has 1 atom stereocenters. The van der Waals surface area contributed by atoms with Crippen molar-refractivity contribution in [1.29, 1.82) is 0 Å². The van der Waals surface area contributed by atoms with Gasteiger partial charge in [0, 0.05) is 6.54 Å². The molecule has 0 aliphatic rings. The number of nitrogens with one attached hydrogen (secondary N) is 1. The average molecular weight is 208 g/mol. The lowest BCUT2D eigenvalue weighted by molar-refractivity contribution is 0.183. The average Bonchev–Trinajstić information content (AvgIpc) is 2.15. The van der Waals surface area contributed by atoms with Crippen LogP contribution in [-0.4, -0.2) is 17.8 Å². The number of aryl methyl sites for hydroxylation is 1. The minimum Gasteiger partial charge on any atom is -0.397 e. The smallest absolute Gasteiger partial charge is 0.0603 e. The third kappa shape index (κ3) is 3.80. The summed E-state index contributed by atoms with van der Waals surface area (Å²) in [7, 11) is 0. The summed E-state index contributed by atoms with van der Waals surface area (Å²) in [4.78, 5) is 0. The number of para-hydroxylation sites is 1. The number of hydrogen-bond donors (Lipinski definition) is 3. The van der Waals surface area contributed by atoms with Crippen LogP contribution < -0.4 is 11.1 Å². The van der Waals surface area contributed by atoms with Gasteiger partial charge in [0.2, 0.25) is 0 Å². The number of rotatable bonds is 5. The van der Waals surface area contributed by atoms with Crippen LogP contribution in [0, 0.1) is 6.92 Å². The van der Waals surface area contributed by atoms with E-state index in [1.807, 2.05) is 32.0 Å². The van der Waals surface area contributed by atoms with Gasteiger partial charge in [0.1, 0.15) is 0 Å². The molecule has 0 heterocycles. The lowest BCUT2D eigenvalue weighted by Gasteiger charge is -2.12. The van der Waals surface area contributed by atoms with Crippen LogP contribution >= 0.6 is 0 Å². The van der Waals surface area contributed by atoms with Crippen molar-refractivity contribution in [3.63, 3.8) is 0 Å². The summed E-state index contributed by atoms with van der Waals surface area (Å²) in [6, 6.07) is 5.88. The number of benzene rings is 1. The number of nitrogen functional groups attached to an aromatic ring is 1. The molecule has 3 heteroatoms. The first-order chi connectivity index (χ1) is 7.11. The van der Waals surface area contributed by atoms with E-state index in [2.05, 4.69) is 5.32 Å². The van der Waals surface area contributed by atoms with Crippen molar-refractivity contribution in [2.75, 3.05) is 17.6 Å². The first-order valence-corrected chi connectivity index (χ1v) is 5.38. The van der Waals surface area contributed by atoms with Gasteiger partial charge in [-0.1, -0.05) is 12.1 Å². The molecule has 0 saturated carbocycles. The van der Waals surface area contributed by atoms with Gasteiger partial charge in [-0.3, -0.25) is 0 Å². The minimum atomic E-state index is -0.221. The largest absolute Gasteiger partial charge is 0.397 e. The van der Waals surface area contributed by atoms with Gasteiger partial charge in [-0.2, -0.15) is 0 Å². The first-order valence-electron chi connectivity index (χ1n) is 5.38. The van der Waals surface area contributed by atoms with Crippen LogP contribution in [0.1, 0.15) is 25.3 Å². The van der Waals surface area contributed by atoms with Crippen molar-refractivity contribution in [3.05, 3.63) is 23.8 Å². The second-order valence-electron chi connectivity index (χ2n) is 3.96. The summed E-state index contributed by atoms with van der Waals surface area (Å²) in [6.45, 7) is 4.69. The highest BCUT2D eigenvalue weighted by Gasteiger charge is 2.01. The standard InChI is InChI=1S/C12H20N2O/c1-9-5-3-7-11(13)12(9)14-8-4-6-10(2)15/h3,5,7,10,14-15H,4,6,8,13H2,1-2H3. The summed E-state index contributed by atoms with van der Waals surface area (Å²) in [5, 5.41) is 12.4. The van der Waals surface area contributed by atoms with Crippen molar-refractivity contribution in [1.82, 2.24) is 0 Å². The van der Waals surface area contributed by atoms with Crippen LogP contribution in [0.25, 0.3) is 0 Å². The molecule has 15 heavy (non-hydrogen) atoms. The van der Waals surface area contributed by atoms with Crippen molar-refractivity contribution < 1.29 is 5.11 Å². The first kappa shape index (κ1) is 11.9. The van der Waals surface area contributed by atoms with Crippen LogP contribution in [-0.2, 0) is 0 Å². The van der Waals surface area contributed by atoms with Crippen LogP contribution in [0.4, 0.5) is 11.4 Å². The molecule has 0 aromatic heterocycles. The van der Waals surface area contributed by atoms with E-state index in [9.17, 15) is 0 Å². The van der Waals surface area contributed by atoms with Gasteiger partial charge in [0.05, 0.1) is 17.5 Å². The Hall–Kier alpha value is -1.22. The van der Waals surface area contributed by atoms with E-state index in [-0.39, 0.29) is 6.10 Å². The van der Waals surface area contributed by atoms with Crippen LogP contribution in [0.3, 0.4) is 0 Å². The van der Waals surface area contributed by atoms with Gasteiger partial charge >= 0.3 is 0 Å². The lowest BCUT2D eigenvalue weighted by Crippen LogP contribution is -2.08. The Morgan fingerprint density at radius 2 is 2.20 bits per heavy atom. The summed E-state index contributed by atoms with van der Waals surface area (Å²) in [6.07, 6.45) is 1.55. The molecule has 1 aromatic rings. The predicted molar refractivity (Wildman–Crippen MR) is 65.0 cm³/mol. The van der Waals surface area contributed by atoms with Gasteiger partial charge < -0.3 is 16.2 Å². The Morgan fingerprint density at radius 1 is 1.47 bits per heavy atom. The van der Waals surface area contributed by atoms with E-state index in [1.54, 1.807) is 0 Å². The Balaban J connectivity index is 2.43. The normalized spacial score (nSPS) is 12.5. The van der Waals surface area contributed by atoms with E-state index in [0.717, 1.165) is 36.3 Å². The highest BCUT2D eigenvalue weighted by molar-refractivity contribution is 5.69. The van der Waals surface area contributed by atoms with Crippen LogP contribution in [0.2, 0.25) is 0 Å². The van der Waals surface area contributed by atoms with Crippen molar-refractivity contribution in [2.24, 2.45) is 0 Å². The van der Waals surface area contributed by atoms with Gasteiger partial charge in [-0.05, 0) is 38.3 Å². The molecule has 1 rings (SSSR count). The maximum Gasteiger partial charge on any atom is 0.0603 e. The predicted octanol–water partition coefficient (Wildman–Crippen LogP) is 2.15. The Kier molecular flexibility index (Phi) is 4.43. The number of aliphatic hydroxyl groups excluding tert-OH is 1. The minimum absolute atomic E-state index is 0.221. The lowest BCUT2D eigenvalue weighted by atomic mass is 10.1. The molecule has 0 spiro atoms. The second-order valence-corrected chi connectivity index (χ2v) is 3.96. The maximum absolute atomic E-state index is 9.11. The molecule has 0 fully saturated rings. The number of aliphatic hydroxyl groups is 1. The molecule has 0 radical (unpaired) electrons. The van der Waals surface area contributed by atoms with E-state index in [1.165, 1.54) is 0 Å². The third-order valence-corrected chi connectivity index (χ3v) is 2.41. The quantitative estimate of drug-likeness (QED) is 0.513. The zero-order valence-electron chi connectivity index (χ0n) is 9.46. The maximum atomic E-state index is 9.11. The second kappa shape index (κ2) is 5.61. The van der Waals surface area contributed by atoms with Gasteiger partial charge in [0.25, 0.3) is 0 Å². The molecule has 84 valence electrons. The number of nitrogens with two attached hydrogens (primary N) is 1. The molecule has 0 aliphatic heterocycles. The summed E-state index contributed by atoms with van der Waals surface area (Å²) in [5.74, 6) is 0. The van der Waals surface area contributed by atoms with Gasteiger partial charge in [-0.15, -0.1) is 0 Å². The van der Waals surface area contributed by atoms with E-state index >= 15 is 0 Å². The topological polar surface area (TPSA) is 58.3 Å².